The molecule has 0 aromatic heterocycles. The standard InChI is InChI=1S/C13H16Br2S/c14-9-13(7-1-2-8-13)10-16-12-5-3-11(15)4-6-12/h3-6H,1-2,7-10H2. The Bertz CT molecular complexity index is 328. The molecule has 88 valence electrons. The molecule has 0 bridgehead atoms. The van der Waals surface area contributed by atoms with Crippen molar-refractivity contribution in [2.75, 3.05) is 11.1 Å². The van der Waals surface area contributed by atoms with Crippen molar-refractivity contribution in [2.45, 2.75) is 30.6 Å². The predicted molar refractivity (Wildman–Crippen MR) is 79.6 cm³/mol. The van der Waals surface area contributed by atoms with Crippen LogP contribution < -0.4 is 0 Å². The molecule has 1 saturated carbocycles. The Hall–Kier alpha value is 0.530. The van der Waals surface area contributed by atoms with Gasteiger partial charge in [-0.2, -0.15) is 0 Å². The van der Waals surface area contributed by atoms with Gasteiger partial charge in [0.05, 0.1) is 0 Å². The lowest BCUT2D eigenvalue weighted by Crippen LogP contribution is -2.21. The maximum Gasteiger partial charge on any atom is 0.0176 e. The van der Waals surface area contributed by atoms with E-state index in [0.29, 0.717) is 5.41 Å². The molecule has 1 aliphatic rings. The highest BCUT2D eigenvalue weighted by Gasteiger charge is 2.32. The molecule has 0 atom stereocenters. The summed E-state index contributed by atoms with van der Waals surface area (Å²) >= 11 is 9.17. The van der Waals surface area contributed by atoms with Crippen molar-refractivity contribution in [3.8, 4) is 0 Å². The van der Waals surface area contributed by atoms with E-state index in [1.165, 1.54) is 36.3 Å². The predicted octanol–water partition coefficient (Wildman–Crippen LogP) is 5.50. The lowest BCUT2D eigenvalue weighted by Gasteiger charge is -2.25. The Morgan fingerprint density at radius 1 is 1.12 bits per heavy atom. The Balaban J connectivity index is 1.93. The third kappa shape index (κ3) is 3.27. The van der Waals surface area contributed by atoms with Crippen molar-refractivity contribution < 1.29 is 0 Å². The van der Waals surface area contributed by atoms with E-state index >= 15 is 0 Å². The van der Waals surface area contributed by atoms with Crippen molar-refractivity contribution in [1.82, 2.24) is 0 Å². The maximum absolute atomic E-state index is 3.70. The van der Waals surface area contributed by atoms with Gasteiger partial charge in [-0.3, -0.25) is 0 Å². The minimum Gasteiger partial charge on any atom is -0.126 e. The zero-order valence-electron chi connectivity index (χ0n) is 9.22. The third-order valence-corrected chi connectivity index (χ3v) is 6.39. The molecule has 0 nitrogen and oxygen atoms in total. The van der Waals surface area contributed by atoms with Gasteiger partial charge in [0.1, 0.15) is 0 Å². The fourth-order valence-corrected chi connectivity index (χ4v) is 4.69. The molecule has 0 aliphatic heterocycles. The number of rotatable bonds is 4. The fourth-order valence-electron chi connectivity index (χ4n) is 2.21. The van der Waals surface area contributed by atoms with Crippen molar-refractivity contribution in [3.63, 3.8) is 0 Å². The zero-order valence-corrected chi connectivity index (χ0v) is 13.2. The Morgan fingerprint density at radius 3 is 2.31 bits per heavy atom. The van der Waals surface area contributed by atoms with Gasteiger partial charge in [-0.05, 0) is 42.5 Å². The van der Waals surface area contributed by atoms with Crippen molar-refractivity contribution in [1.29, 1.82) is 0 Å². The zero-order chi connectivity index (χ0) is 11.4. The first-order chi connectivity index (χ1) is 7.74. The number of hydrogen-bond donors (Lipinski definition) is 0. The first-order valence-corrected chi connectivity index (χ1v) is 8.58. The molecule has 0 N–H and O–H groups in total. The first-order valence-electron chi connectivity index (χ1n) is 5.68. The van der Waals surface area contributed by atoms with Gasteiger partial charge in [0.25, 0.3) is 0 Å². The van der Waals surface area contributed by atoms with Crippen LogP contribution in [0.5, 0.6) is 0 Å². The second-order valence-electron chi connectivity index (χ2n) is 4.58. The number of thioether (sulfide) groups is 1. The molecule has 1 fully saturated rings. The molecular weight excluding hydrogens is 348 g/mol. The van der Waals surface area contributed by atoms with E-state index in [-0.39, 0.29) is 0 Å². The molecule has 0 unspecified atom stereocenters. The van der Waals surface area contributed by atoms with Crippen LogP contribution in [0.15, 0.2) is 33.6 Å². The summed E-state index contributed by atoms with van der Waals surface area (Å²) in [7, 11) is 0. The van der Waals surface area contributed by atoms with Crippen LogP contribution in [0.1, 0.15) is 25.7 Å². The molecule has 16 heavy (non-hydrogen) atoms. The molecular formula is C13H16Br2S. The van der Waals surface area contributed by atoms with E-state index < -0.39 is 0 Å². The topological polar surface area (TPSA) is 0 Å². The summed E-state index contributed by atoms with van der Waals surface area (Å²) in [5, 5.41) is 1.16. The molecule has 0 radical (unpaired) electrons. The SMILES string of the molecule is BrCC1(CSc2ccc(Br)cc2)CCCC1. The monoisotopic (exact) mass is 362 g/mol. The first kappa shape index (κ1) is 13.0. The van der Waals surface area contributed by atoms with Crippen LogP contribution in [-0.2, 0) is 0 Å². The third-order valence-electron chi connectivity index (χ3n) is 3.31. The van der Waals surface area contributed by atoms with E-state index in [1.54, 1.807) is 0 Å². The van der Waals surface area contributed by atoms with Crippen LogP contribution in [0, 0.1) is 5.41 Å². The van der Waals surface area contributed by atoms with Crippen LogP contribution in [0.3, 0.4) is 0 Å². The largest absolute Gasteiger partial charge is 0.126 e. The average Bonchev–Trinajstić information content (AvgIpc) is 2.78. The second kappa shape index (κ2) is 5.92. The smallest absolute Gasteiger partial charge is 0.0176 e. The minimum absolute atomic E-state index is 0.553. The van der Waals surface area contributed by atoms with E-state index in [9.17, 15) is 0 Å². The van der Waals surface area contributed by atoms with E-state index in [4.69, 9.17) is 0 Å². The van der Waals surface area contributed by atoms with Crippen LogP contribution in [-0.4, -0.2) is 11.1 Å². The summed E-state index contributed by atoms with van der Waals surface area (Å²) in [4.78, 5) is 1.38. The summed E-state index contributed by atoms with van der Waals surface area (Å²) in [5.74, 6) is 1.25. The van der Waals surface area contributed by atoms with Crippen LogP contribution in [0.25, 0.3) is 0 Å². The quantitative estimate of drug-likeness (QED) is 0.503. The Kier molecular flexibility index (Phi) is 4.80. The molecule has 3 heteroatoms. The van der Waals surface area contributed by atoms with E-state index in [2.05, 4.69) is 56.1 Å². The normalized spacial score (nSPS) is 18.9. The fraction of sp³-hybridized carbons (Fsp3) is 0.538. The van der Waals surface area contributed by atoms with Gasteiger partial charge in [-0.15, -0.1) is 11.8 Å². The number of halogens is 2. The molecule has 0 saturated heterocycles. The maximum atomic E-state index is 3.70. The Morgan fingerprint density at radius 2 is 1.75 bits per heavy atom. The van der Waals surface area contributed by atoms with Gasteiger partial charge in [0, 0.05) is 20.5 Å². The molecule has 2 rings (SSSR count). The highest BCUT2D eigenvalue weighted by Crippen LogP contribution is 2.43. The molecule has 0 spiro atoms. The summed E-state index contributed by atoms with van der Waals surface area (Å²) in [6.07, 6.45) is 5.60. The van der Waals surface area contributed by atoms with Crippen molar-refractivity contribution in [2.24, 2.45) is 5.41 Å². The number of alkyl halides is 1. The Labute approximate surface area is 119 Å². The van der Waals surface area contributed by atoms with Gasteiger partial charge < -0.3 is 0 Å². The van der Waals surface area contributed by atoms with Crippen LogP contribution >= 0.6 is 43.6 Å². The molecule has 1 aliphatic carbocycles. The van der Waals surface area contributed by atoms with Crippen LogP contribution in [0.2, 0.25) is 0 Å². The van der Waals surface area contributed by atoms with Gasteiger partial charge in [0.15, 0.2) is 0 Å². The summed E-state index contributed by atoms with van der Waals surface area (Å²) in [6, 6.07) is 8.65. The average molecular weight is 364 g/mol. The molecule has 0 amide bonds. The summed E-state index contributed by atoms with van der Waals surface area (Å²) < 4.78 is 1.16. The lowest BCUT2D eigenvalue weighted by molar-refractivity contribution is 0.405. The highest BCUT2D eigenvalue weighted by atomic mass is 79.9. The molecule has 1 aromatic carbocycles. The van der Waals surface area contributed by atoms with Crippen molar-refractivity contribution in [3.05, 3.63) is 28.7 Å². The van der Waals surface area contributed by atoms with Gasteiger partial charge in [0.2, 0.25) is 0 Å². The number of hydrogen-bond acceptors (Lipinski definition) is 1. The highest BCUT2D eigenvalue weighted by molar-refractivity contribution is 9.10. The summed E-state index contributed by atoms with van der Waals surface area (Å²) in [6.45, 7) is 0. The lowest BCUT2D eigenvalue weighted by atomic mass is 9.92. The van der Waals surface area contributed by atoms with Gasteiger partial charge in [-0.1, -0.05) is 44.7 Å². The van der Waals surface area contributed by atoms with E-state index in [1.807, 2.05) is 11.8 Å². The number of benzene rings is 1. The van der Waals surface area contributed by atoms with E-state index in [0.717, 1.165) is 9.80 Å². The van der Waals surface area contributed by atoms with Gasteiger partial charge >= 0.3 is 0 Å². The minimum atomic E-state index is 0.553. The second-order valence-corrected chi connectivity index (χ2v) is 7.11. The molecule has 0 heterocycles. The van der Waals surface area contributed by atoms with Gasteiger partial charge in [-0.25, -0.2) is 0 Å². The van der Waals surface area contributed by atoms with Crippen molar-refractivity contribution >= 4 is 43.6 Å². The molecule has 1 aromatic rings. The van der Waals surface area contributed by atoms with Crippen LogP contribution in [0.4, 0.5) is 0 Å². The summed E-state index contributed by atoms with van der Waals surface area (Å²) in [5.41, 5.74) is 0.553.